The minimum atomic E-state index is 1.10. The van der Waals surface area contributed by atoms with Crippen LogP contribution >= 0.6 is 11.3 Å². The average Bonchev–Trinajstić information content (AvgIpc) is 3.87. The van der Waals surface area contributed by atoms with Crippen molar-refractivity contribution in [1.29, 1.82) is 0 Å². The number of rotatable bonds is 7. The zero-order valence-corrected chi connectivity index (χ0v) is 34.1. The fourth-order valence-corrected chi connectivity index (χ4v) is 10.4. The van der Waals surface area contributed by atoms with E-state index in [0.717, 1.165) is 17.1 Å². The summed E-state index contributed by atoms with van der Waals surface area (Å²) in [5.41, 5.74) is 14.1. The van der Waals surface area contributed by atoms with Crippen LogP contribution in [0.3, 0.4) is 0 Å². The molecule has 0 bridgehead atoms. The van der Waals surface area contributed by atoms with Gasteiger partial charge in [-0.25, -0.2) is 0 Å². The van der Waals surface area contributed by atoms with E-state index >= 15 is 0 Å². The molecular weight excluding hydrogens is 757 g/mol. The normalized spacial score (nSPS) is 11.6. The van der Waals surface area contributed by atoms with Gasteiger partial charge in [-0.15, -0.1) is 11.3 Å². The number of aromatic nitrogens is 1. The smallest absolute Gasteiger partial charge is 0.0541 e. The third kappa shape index (κ3) is 6.09. The fraction of sp³-hybridized carbons (Fsp3) is 0. The molecule has 0 aliphatic rings. The van der Waals surface area contributed by atoms with Gasteiger partial charge in [0.25, 0.3) is 0 Å². The zero-order valence-electron chi connectivity index (χ0n) is 33.2. The van der Waals surface area contributed by atoms with Gasteiger partial charge in [0.1, 0.15) is 0 Å². The second kappa shape index (κ2) is 14.5. The topological polar surface area (TPSA) is 8.17 Å². The highest BCUT2D eigenvalue weighted by Gasteiger charge is 2.17. The predicted octanol–water partition coefficient (Wildman–Crippen LogP) is 16.8. The van der Waals surface area contributed by atoms with Crippen molar-refractivity contribution in [3.05, 3.63) is 231 Å². The van der Waals surface area contributed by atoms with Crippen LogP contribution in [0.5, 0.6) is 0 Å². The second-order valence-electron chi connectivity index (χ2n) is 15.7. The van der Waals surface area contributed by atoms with Crippen LogP contribution in [0.4, 0.5) is 17.1 Å². The summed E-state index contributed by atoms with van der Waals surface area (Å²) >= 11 is 1.86. The van der Waals surface area contributed by atoms with Crippen LogP contribution in [0.15, 0.2) is 231 Å². The van der Waals surface area contributed by atoms with Crippen molar-refractivity contribution in [3.8, 4) is 39.1 Å². The van der Waals surface area contributed by atoms with Crippen LogP contribution in [0.25, 0.3) is 91.8 Å². The summed E-state index contributed by atoms with van der Waals surface area (Å²) in [4.78, 5) is 2.37. The summed E-state index contributed by atoms with van der Waals surface area (Å²) in [5.74, 6) is 0. The Morgan fingerprint density at radius 2 is 0.836 bits per heavy atom. The van der Waals surface area contributed by atoms with Crippen LogP contribution in [0, 0.1) is 0 Å². The first-order chi connectivity index (χ1) is 30.2. The molecule has 0 aliphatic carbocycles. The Kier molecular flexibility index (Phi) is 8.39. The first kappa shape index (κ1) is 35.2. The SMILES string of the molecule is c1ccc(-n2c3ccccc3c3cc(-c4ccc(N(c5ccc(-c6ccc7c(c6)sc6ccccc67)cc5)c5ccc(-c6cccc7ccccc67)cc5)cc4)ccc32)cc1. The van der Waals surface area contributed by atoms with Gasteiger partial charge in [0.2, 0.25) is 0 Å². The van der Waals surface area contributed by atoms with Crippen LogP contribution in [-0.4, -0.2) is 4.57 Å². The minimum absolute atomic E-state index is 1.10. The maximum atomic E-state index is 2.37. The number of anilines is 3. The van der Waals surface area contributed by atoms with E-state index < -0.39 is 0 Å². The van der Waals surface area contributed by atoms with Crippen molar-refractivity contribution in [2.24, 2.45) is 0 Å². The van der Waals surface area contributed by atoms with Gasteiger partial charge in [0.05, 0.1) is 11.0 Å². The van der Waals surface area contributed by atoms with Gasteiger partial charge < -0.3 is 9.47 Å². The first-order valence-electron chi connectivity index (χ1n) is 20.8. The van der Waals surface area contributed by atoms with Crippen molar-refractivity contribution in [3.63, 3.8) is 0 Å². The lowest BCUT2D eigenvalue weighted by molar-refractivity contribution is 1.18. The van der Waals surface area contributed by atoms with E-state index in [9.17, 15) is 0 Å². The minimum Gasteiger partial charge on any atom is -0.311 e. The highest BCUT2D eigenvalue weighted by atomic mass is 32.1. The Balaban J connectivity index is 0.927. The van der Waals surface area contributed by atoms with E-state index in [-0.39, 0.29) is 0 Å². The van der Waals surface area contributed by atoms with Crippen molar-refractivity contribution in [2.75, 3.05) is 4.90 Å². The Labute approximate surface area is 358 Å². The number of hydrogen-bond acceptors (Lipinski definition) is 2. The van der Waals surface area contributed by atoms with Crippen LogP contribution < -0.4 is 4.90 Å². The molecule has 3 heteroatoms. The van der Waals surface area contributed by atoms with E-state index in [1.54, 1.807) is 0 Å². The molecule has 0 radical (unpaired) electrons. The molecule has 2 heterocycles. The van der Waals surface area contributed by atoms with Gasteiger partial charge in [0.15, 0.2) is 0 Å². The van der Waals surface area contributed by atoms with Crippen molar-refractivity contribution in [1.82, 2.24) is 4.57 Å². The number of thiophene rings is 1. The lowest BCUT2D eigenvalue weighted by Crippen LogP contribution is -2.09. The van der Waals surface area contributed by atoms with Crippen LogP contribution in [0.1, 0.15) is 0 Å². The van der Waals surface area contributed by atoms with Crippen molar-refractivity contribution >= 4 is 81.1 Å². The quantitative estimate of drug-likeness (QED) is 0.156. The van der Waals surface area contributed by atoms with Gasteiger partial charge in [-0.2, -0.15) is 0 Å². The molecule has 0 amide bonds. The highest BCUT2D eigenvalue weighted by Crippen LogP contribution is 2.41. The first-order valence-corrected chi connectivity index (χ1v) is 21.6. The number of para-hydroxylation sites is 2. The lowest BCUT2D eigenvalue weighted by atomic mass is 9.98. The van der Waals surface area contributed by atoms with E-state index in [0.29, 0.717) is 0 Å². The van der Waals surface area contributed by atoms with Crippen LogP contribution in [-0.2, 0) is 0 Å². The number of fused-ring (bicyclic) bond motifs is 7. The van der Waals surface area contributed by atoms with Gasteiger partial charge in [-0.3, -0.25) is 0 Å². The molecule has 0 aliphatic heterocycles. The molecule has 0 saturated carbocycles. The molecule has 0 unspecified atom stereocenters. The van der Waals surface area contributed by atoms with Gasteiger partial charge in [0, 0.05) is 53.7 Å². The molecular formula is C58H38N2S. The Hall–Kier alpha value is -7.72. The zero-order chi connectivity index (χ0) is 40.3. The van der Waals surface area contributed by atoms with Crippen molar-refractivity contribution < 1.29 is 0 Å². The molecule has 0 saturated heterocycles. The molecule has 0 fully saturated rings. The summed E-state index contributed by atoms with van der Waals surface area (Å²) in [5, 5.41) is 7.66. The Morgan fingerprint density at radius 3 is 1.57 bits per heavy atom. The molecule has 0 spiro atoms. The van der Waals surface area contributed by atoms with E-state index in [4.69, 9.17) is 0 Å². The number of benzene rings is 10. The molecule has 2 nitrogen and oxygen atoms in total. The monoisotopic (exact) mass is 794 g/mol. The standard InChI is InChI=1S/C58H38N2S/c1-2-13-45(14-3-1)60-55-19-8-6-16-51(55)54-37-43(28-36-56(54)60)39-21-29-46(30-22-39)59(48-33-25-42(26-34-48)50-18-10-12-41-11-4-5-15-49(41)50)47-31-23-40(24-32-47)44-27-35-53-52-17-7-9-20-57(52)61-58(53)38-44/h1-38H. The summed E-state index contributed by atoms with van der Waals surface area (Å²) < 4.78 is 5.01. The summed E-state index contributed by atoms with van der Waals surface area (Å²) in [6, 6.07) is 84.1. The molecule has 286 valence electrons. The maximum absolute atomic E-state index is 2.37. The van der Waals surface area contributed by atoms with Crippen molar-refractivity contribution in [2.45, 2.75) is 0 Å². The molecule has 0 N–H and O–H groups in total. The van der Waals surface area contributed by atoms with Gasteiger partial charge in [-0.1, -0.05) is 152 Å². The van der Waals surface area contributed by atoms with Gasteiger partial charge >= 0.3 is 0 Å². The second-order valence-corrected chi connectivity index (χ2v) is 16.8. The van der Waals surface area contributed by atoms with Gasteiger partial charge in [-0.05, 0) is 123 Å². The van der Waals surface area contributed by atoms with E-state index in [1.807, 2.05) is 11.3 Å². The molecule has 2 aromatic heterocycles. The Bertz CT molecular complexity index is 3560. The van der Waals surface area contributed by atoms with E-state index in [1.165, 1.54) is 91.8 Å². The third-order valence-corrected chi connectivity index (χ3v) is 13.3. The number of hydrogen-bond donors (Lipinski definition) is 0. The number of nitrogens with zero attached hydrogens (tertiary/aromatic N) is 2. The van der Waals surface area contributed by atoms with E-state index in [2.05, 4.69) is 240 Å². The summed E-state index contributed by atoms with van der Waals surface area (Å²) in [7, 11) is 0. The molecule has 12 aromatic rings. The molecule has 61 heavy (non-hydrogen) atoms. The lowest BCUT2D eigenvalue weighted by Gasteiger charge is -2.26. The highest BCUT2D eigenvalue weighted by molar-refractivity contribution is 7.25. The average molecular weight is 795 g/mol. The maximum Gasteiger partial charge on any atom is 0.0541 e. The third-order valence-electron chi connectivity index (χ3n) is 12.2. The predicted molar refractivity (Wildman–Crippen MR) is 262 cm³/mol. The summed E-state index contributed by atoms with van der Waals surface area (Å²) in [6.45, 7) is 0. The molecule has 10 aromatic carbocycles. The molecule has 0 atom stereocenters. The van der Waals surface area contributed by atoms with Crippen LogP contribution in [0.2, 0.25) is 0 Å². The molecule has 12 rings (SSSR count). The summed E-state index contributed by atoms with van der Waals surface area (Å²) in [6.07, 6.45) is 0. The largest absolute Gasteiger partial charge is 0.311 e. The Morgan fingerprint density at radius 1 is 0.311 bits per heavy atom. The fourth-order valence-electron chi connectivity index (χ4n) is 9.23.